The molecule has 0 amide bonds. The summed E-state index contributed by atoms with van der Waals surface area (Å²) in [6, 6.07) is 1.44. The Morgan fingerprint density at radius 2 is 2.44 bits per heavy atom. The molecule has 0 radical (unpaired) electrons. The molecule has 2 rings (SSSR count). The molecule has 1 aromatic rings. The molecule has 1 aliphatic rings. The van der Waals surface area contributed by atoms with Gasteiger partial charge in [0.2, 0.25) is 0 Å². The van der Waals surface area contributed by atoms with Gasteiger partial charge in [-0.25, -0.2) is 0 Å². The fourth-order valence-corrected chi connectivity index (χ4v) is 2.41. The third kappa shape index (κ3) is 2.54. The average molecular weight is 451 g/mol. The van der Waals surface area contributed by atoms with Crippen LogP contribution in [0.25, 0.3) is 0 Å². The molecule has 0 bridgehead atoms. The van der Waals surface area contributed by atoms with E-state index in [-0.39, 0.29) is 0 Å². The summed E-state index contributed by atoms with van der Waals surface area (Å²) < 4.78 is 35.9. The van der Waals surface area contributed by atoms with Crippen molar-refractivity contribution in [2.45, 2.75) is 24.7 Å². The van der Waals surface area contributed by atoms with Gasteiger partial charge in [-0.05, 0) is 0 Å². The molecule has 9 heteroatoms. The zero-order valence-corrected chi connectivity index (χ0v) is 13.7. The Morgan fingerprint density at radius 3 is 2.94 bits per heavy atom. The molecule has 0 aliphatic carbocycles. The van der Waals surface area contributed by atoms with Crippen molar-refractivity contribution in [1.82, 2.24) is 9.55 Å². The summed E-state index contributed by atoms with van der Waals surface area (Å²) in [4.78, 5) is 15.2. The molecule has 0 spiro atoms. The van der Waals surface area contributed by atoms with Crippen molar-refractivity contribution in [3.63, 3.8) is 0 Å². The number of rotatable bonds is 3. The molecule has 1 saturated heterocycles. The summed E-state index contributed by atoms with van der Waals surface area (Å²) in [5, 5.41) is 8.85. The second kappa shape index (κ2) is 5.17. The molecule has 0 saturated carbocycles. The Kier molecular flexibility index (Phi) is 3.97. The van der Waals surface area contributed by atoms with Crippen molar-refractivity contribution in [2.24, 2.45) is 0 Å². The van der Waals surface area contributed by atoms with Crippen LogP contribution < -0.4 is 8.82 Å². The summed E-state index contributed by atoms with van der Waals surface area (Å²) >= 11 is 0.403. The van der Waals surface area contributed by atoms with Gasteiger partial charge in [-0.1, -0.05) is 0 Å². The van der Waals surface area contributed by atoms with Gasteiger partial charge >= 0.3 is 117 Å². The van der Waals surface area contributed by atoms with Crippen molar-refractivity contribution >= 4 is 31.9 Å². The van der Waals surface area contributed by atoms with Crippen LogP contribution >= 0.6 is 0 Å². The number of ether oxygens (including phenoxy) is 1. The van der Waals surface area contributed by atoms with E-state index in [9.17, 15) is 13.6 Å². The number of hydrogen-bond acceptors (Lipinski definition) is 5. The van der Waals surface area contributed by atoms with Crippen molar-refractivity contribution in [1.29, 1.82) is 0 Å². The van der Waals surface area contributed by atoms with Gasteiger partial charge in [0.1, 0.15) is 0 Å². The van der Waals surface area contributed by atoms with Gasteiger partial charge in [-0.2, -0.15) is 0 Å². The maximum atomic E-state index is 13.7. The Bertz CT molecular complexity index is 496. The second-order valence-electron chi connectivity index (χ2n) is 3.91. The van der Waals surface area contributed by atoms with Crippen LogP contribution in [0, 0.1) is 0 Å². The first-order valence-electron chi connectivity index (χ1n) is 5.18. The second-order valence-corrected chi connectivity index (χ2v) is 5.03. The average Bonchev–Trinajstić information content (AvgIpc) is 2.64. The molecule has 1 aliphatic heterocycles. The van der Waals surface area contributed by atoms with Crippen LogP contribution in [-0.4, -0.2) is 59.4 Å². The summed E-state index contributed by atoms with van der Waals surface area (Å²) in [7, 11) is 0. The van der Waals surface area contributed by atoms with Crippen molar-refractivity contribution in [2.75, 3.05) is 9.73 Å². The topological polar surface area (TPSA) is 76.4 Å². The van der Waals surface area contributed by atoms with E-state index in [0.717, 1.165) is 4.57 Å². The summed E-state index contributed by atoms with van der Waals surface area (Å²) in [6.07, 6.45) is -2.06. The van der Waals surface area contributed by atoms with Gasteiger partial charge < -0.3 is 0 Å². The van der Waals surface area contributed by atoms with Gasteiger partial charge in [-0.15, -0.1) is 0 Å². The molecule has 96 valence electrons. The zero-order valence-electron chi connectivity index (χ0n) is 9.22. The van der Waals surface area contributed by atoms with E-state index in [0.29, 0.717) is 31.9 Å². The standard InChI is InChI=1S/C9H11F2N3O3.Tl/c10-9(11)3-5(4-15)17-7(9)14-2-1-6(12)13-8(14)16;/h1-2,5,7,15H,3-4H2,(H2,12,13,16);/q;+1/p-1. The first kappa shape index (κ1) is 13.8. The molecule has 2 N–H and O–H groups in total. The number of halogens is 2. The van der Waals surface area contributed by atoms with E-state index < -0.39 is 37.0 Å². The van der Waals surface area contributed by atoms with Crippen LogP contribution in [0.4, 0.5) is 14.6 Å². The van der Waals surface area contributed by atoms with Crippen LogP contribution in [0.5, 0.6) is 0 Å². The fraction of sp³-hybridized carbons (Fsp3) is 0.556. The van der Waals surface area contributed by atoms with Crippen LogP contribution in [0.15, 0.2) is 17.1 Å². The Morgan fingerprint density at radius 1 is 1.72 bits per heavy atom. The van der Waals surface area contributed by atoms with Crippen molar-refractivity contribution < 1.29 is 18.6 Å². The van der Waals surface area contributed by atoms with E-state index in [4.69, 9.17) is 9.84 Å². The van der Waals surface area contributed by atoms with Crippen LogP contribution in [-0.2, 0) is 4.74 Å². The summed E-state index contributed by atoms with van der Waals surface area (Å²) in [5.74, 6) is -2.84. The van der Waals surface area contributed by atoms with Crippen LogP contribution in [0.1, 0.15) is 12.6 Å². The molecule has 18 heavy (non-hydrogen) atoms. The van der Waals surface area contributed by atoms with Crippen molar-refractivity contribution in [3.8, 4) is 0 Å². The molecular formula is C9H10F2N3O3Tl. The SMILES string of the molecule is O=c1nc([NH][Tl])ccn1C1OC(CO)CC1(F)F. The number of hydrogen-bond donors (Lipinski definition) is 2. The maximum absolute atomic E-state index is 13.7. The Balaban J connectivity index is 2.34. The predicted octanol–water partition coefficient (Wildman–Crippen LogP) is -0.346. The number of anilines is 1. The van der Waals surface area contributed by atoms with Gasteiger partial charge in [-0.3, -0.25) is 0 Å². The third-order valence-corrected chi connectivity index (χ3v) is 3.77. The van der Waals surface area contributed by atoms with Gasteiger partial charge in [0, 0.05) is 0 Å². The molecule has 2 heterocycles. The predicted molar refractivity (Wildman–Crippen MR) is 58.4 cm³/mol. The fourth-order valence-electron chi connectivity index (χ4n) is 1.78. The number of nitrogens with one attached hydrogen (secondary N) is 1. The quantitative estimate of drug-likeness (QED) is 0.616. The van der Waals surface area contributed by atoms with Crippen molar-refractivity contribution in [3.05, 3.63) is 22.7 Å². The van der Waals surface area contributed by atoms with Gasteiger partial charge in [0.05, 0.1) is 0 Å². The van der Waals surface area contributed by atoms with E-state index in [1.807, 2.05) is 0 Å². The normalized spacial score (nSPS) is 26.1. The minimum absolute atomic E-state index is 0.362. The molecule has 0 aromatic carbocycles. The number of alkyl halides is 2. The molecule has 2 unspecified atom stereocenters. The minimum atomic E-state index is -3.20. The first-order valence-corrected chi connectivity index (χ1v) is 7.42. The molecule has 1 fully saturated rings. The van der Waals surface area contributed by atoms with Gasteiger partial charge in [0.25, 0.3) is 0 Å². The molecule has 1 aromatic heterocycles. The first-order chi connectivity index (χ1) is 8.47. The van der Waals surface area contributed by atoms with E-state index in [1.165, 1.54) is 12.3 Å². The number of aliphatic hydroxyl groups excluding tert-OH is 1. The number of aliphatic hydroxyl groups is 1. The number of aromatic nitrogens is 2. The van der Waals surface area contributed by atoms with Crippen LogP contribution in [0.2, 0.25) is 0 Å². The Labute approximate surface area is 117 Å². The van der Waals surface area contributed by atoms with E-state index in [2.05, 4.69) is 8.11 Å². The summed E-state index contributed by atoms with van der Waals surface area (Å²) in [5.41, 5.74) is -0.802. The Hall–Kier alpha value is -0.618. The number of nitrogens with zero attached hydrogens (tertiary/aromatic N) is 2. The summed E-state index contributed by atoms with van der Waals surface area (Å²) in [6.45, 7) is -0.504. The third-order valence-electron chi connectivity index (χ3n) is 2.62. The molecule has 6 nitrogen and oxygen atoms in total. The van der Waals surface area contributed by atoms with E-state index >= 15 is 0 Å². The van der Waals surface area contributed by atoms with Gasteiger partial charge in [0.15, 0.2) is 0 Å². The molecular weight excluding hydrogens is 440 g/mol. The molecule has 2 atom stereocenters. The zero-order chi connectivity index (χ0) is 13.3. The van der Waals surface area contributed by atoms with Crippen LogP contribution in [0.3, 0.4) is 0 Å². The monoisotopic (exact) mass is 451 g/mol. The van der Waals surface area contributed by atoms with E-state index in [1.54, 1.807) is 0 Å².